The van der Waals surface area contributed by atoms with Gasteiger partial charge in [0.2, 0.25) is 0 Å². The van der Waals surface area contributed by atoms with Gasteiger partial charge >= 0.3 is 0 Å². The maximum absolute atomic E-state index is 9.71. The maximum Gasteiger partial charge on any atom is 0.138 e. The largest absolute Gasteiger partial charge is 0.390 e. The highest BCUT2D eigenvalue weighted by atomic mass is 79.9. The molecule has 0 radical (unpaired) electrons. The van der Waals surface area contributed by atoms with Crippen molar-refractivity contribution in [2.24, 2.45) is 0 Å². The molecule has 1 N–H and O–H groups in total. The van der Waals surface area contributed by atoms with Crippen molar-refractivity contribution in [1.82, 2.24) is 9.38 Å². The summed E-state index contributed by atoms with van der Waals surface area (Å²) >= 11 is 3.51. The quantitative estimate of drug-likeness (QED) is 0.741. The monoisotopic (exact) mass is 330 g/mol. The molecular weight excluding hydrogens is 316 g/mol. The van der Waals surface area contributed by atoms with Gasteiger partial charge in [0.15, 0.2) is 0 Å². The Morgan fingerprint density at radius 1 is 1.15 bits per heavy atom. The highest BCUT2D eigenvalue weighted by molar-refractivity contribution is 9.10. The average Bonchev–Trinajstić information content (AvgIpc) is 2.87. The van der Waals surface area contributed by atoms with Crippen molar-refractivity contribution in [3.63, 3.8) is 0 Å². The lowest BCUT2D eigenvalue weighted by Gasteiger charge is -2.04. The molecule has 0 saturated carbocycles. The van der Waals surface area contributed by atoms with Crippen LogP contribution in [-0.4, -0.2) is 14.5 Å². The Labute approximate surface area is 126 Å². The number of hydrogen-bond acceptors (Lipinski definition) is 2. The third-order valence-electron chi connectivity index (χ3n) is 3.48. The van der Waals surface area contributed by atoms with Gasteiger partial charge in [0.05, 0.1) is 22.6 Å². The van der Waals surface area contributed by atoms with Crippen molar-refractivity contribution in [2.45, 2.75) is 20.0 Å². The molecule has 0 aliphatic rings. The number of hydrogen-bond donors (Lipinski definition) is 1. The molecule has 2 aromatic heterocycles. The van der Waals surface area contributed by atoms with Crippen molar-refractivity contribution in [3.05, 3.63) is 58.3 Å². The van der Waals surface area contributed by atoms with Crippen LogP contribution in [0.4, 0.5) is 0 Å². The Morgan fingerprint density at radius 3 is 2.55 bits per heavy atom. The fourth-order valence-corrected chi connectivity index (χ4v) is 2.93. The predicted molar refractivity (Wildman–Crippen MR) is 83.6 cm³/mol. The average molecular weight is 331 g/mol. The Balaban J connectivity index is 2.22. The van der Waals surface area contributed by atoms with Crippen LogP contribution in [0, 0.1) is 0 Å². The zero-order valence-corrected chi connectivity index (χ0v) is 12.8. The first kappa shape index (κ1) is 13.3. The zero-order valence-electron chi connectivity index (χ0n) is 11.2. The second-order valence-electron chi connectivity index (χ2n) is 4.66. The first-order chi connectivity index (χ1) is 9.74. The summed E-state index contributed by atoms with van der Waals surface area (Å²) in [5.74, 6) is 0. The summed E-state index contributed by atoms with van der Waals surface area (Å²) in [5, 5.41) is 9.71. The molecule has 3 rings (SSSR count). The molecule has 20 heavy (non-hydrogen) atoms. The van der Waals surface area contributed by atoms with Crippen LogP contribution >= 0.6 is 15.9 Å². The number of benzene rings is 1. The van der Waals surface area contributed by atoms with E-state index in [1.165, 1.54) is 5.56 Å². The summed E-state index contributed by atoms with van der Waals surface area (Å²) in [5.41, 5.74) is 4.79. The van der Waals surface area contributed by atoms with Crippen LogP contribution in [0.2, 0.25) is 0 Å². The van der Waals surface area contributed by atoms with Crippen LogP contribution in [0.5, 0.6) is 0 Å². The zero-order chi connectivity index (χ0) is 14.1. The fraction of sp³-hybridized carbons (Fsp3) is 0.188. The van der Waals surface area contributed by atoms with Gasteiger partial charge in [0.1, 0.15) is 5.65 Å². The van der Waals surface area contributed by atoms with Gasteiger partial charge in [-0.2, -0.15) is 0 Å². The number of aliphatic hydroxyl groups excluding tert-OH is 1. The predicted octanol–water partition coefficient (Wildman–Crippen LogP) is 3.82. The second-order valence-corrected chi connectivity index (χ2v) is 5.47. The molecular formula is C16H15BrN2O. The standard InChI is InChI=1S/C16H15BrN2O/c1-2-11-6-8-12(9-7-11)16-13(10-20)19-14(17)4-3-5-15(19)18-16/h3-9,20H,2,10H2,1H3. The molecule has 102 valence electrons. The van der Waals surface area contributed by atoms with Crippen LogP contribution in [0.25, 0.3) is 16.9 Å². The lowest BCUT2D eigenvalue weighted by Crippen LogP contribution is -1.95. The molecule has 3 nitrogen and oxygen atoms in total. The van der Waals surface area contributed by atoms with Crippen LogP contribution in [-0.2, 0) is 13.0 Å². The minimum absolute atomic E-state index is 0.0470. The summed E-state index contributed by atoms with van der Waals surface area (Å²) in [6, 6.07) is 14.2. The molecule has 3 aromatic rings. The van der Waals surface area contributed by atoms with Crippen molar-refractivity contribution in [3.8, 4) is 11.3 Å². The second kappa shape index (κ2) is 5.38. The van der Waals surface area contributed by atoms with Gasteiger partial charge in [-0.3, -0.25) is 4.40 Å². The maximum atomic E-state index is 9.71. The highest BCUT2D eigenvalue weighted by Gasteiger charge is 2.14. The lowest BCUT2D eigenvalue weighted by atomic mass is 10.1. The molecule has 0 amide bonds. The SMILES string of the molecule is CCc1ccc(-c2nc3cccc(Br)n3c2CO)cc1. The van der Waals surface area contributed by atoms with E-state index in [-0.39, 0.29) is 6.61 Å². The summed E-state index contributed by atoms with van der Waals surface area (Å²) < 4.78 is 2.83. The summed E-state index contributed by atoms with van der Waals surface area (Å²) in [6.45, 7) is 2.09. The first-order valence-electron chi connectivity index (χ1n) is 6.60. The number of pyridine rings is 1. The van der Waals surface area contributed by atoms with Crippen LogP contribution < -0.4 is 0 Å². The molecule has 0 bridgehead atoms. The molecule has 0 unspecified atom stereocenters. The van der Waals surface area contributed by atoms with Gasteiger partial charge in [0, 0.05) is 5.56 Å². The molecule has 0 aliphatic carbocycles. The van der Waals surface area contributed by atoms with Crippen LogP contribution in [0.1, 0.15) is 18.2 Å². The van der Waals surface area contributed by atoms with E-state index in [1.807, 2.05) is 22.6 Å². The molecule has 0 saturated heterocycles. The third-order valence-corrected chi connectivity index (χ3v) is 4.10. The van der Waals surface area contributed by atoms with Gasteiger partial charge < -0.3 is 5.11 Å². The first-order valence-corrected chi connectivity index (χ1v) is 7.40. The van der Waals surface area contributed by atoms with Gasteiger partial charge in [0.25, 0.3) is 0 Å². The fourth-order valence-electron chi connectivity index (χ4n) is 2.39. The third kappa shape index (κ3) is 2.15. The van der Waals surface area contributed by atoms with Crippen molar-refractivity contribution >= 4 is 21.6 Å². The molecule has 1 aromatic carbocycles. The van der Waals surface area contributed by atoms with Crippen LogP contribution in [0.3, 0.4) is 0 Å². The van der Waals surface area contributed by atoms with E-state index < -0.39 is 0 Å². The Kier molecular flexibility index (Phi) is 3.59. The minimum Gasteiger partial charge on any atom is -0.390 e. The van der Waals surface area contributed by atoms with E-state index in [0.717, 1.165) is 33.6 Å². The van der Waals surface area contributed by atoms with Crippen LogP contribution in [0.15, 0.2) is 47.1 Å². The number of aromatic nitrogens is 2. The van der Waals surface area contributed by atoms with E-state index in [1.54, 1.807) is 0 Å². The lowest BCUT2D eigenvalue weighted by molar-refractivity contribution is 0.276. The normalized spacial score (nSPS) is 11.2. The van der Waals surface area contributed by atoms with Gasteiger partial charge in [-0.05, 0) is 40.0 Å². The van der Waals surface area contributed by atoms with Gasteiger partial charge in [-0.25, -0.2) is 4.98 Å². The minimum atomic E-state index is -0.0470. The summed E-state index contributed by atoms with van der Waals surface area (Å²) in [6.07, 6.45) is 1.02. The van der Waals surface area contributed by atoms with E-state index in [9.17, 15) is 5.11 Å². The molecule has 2 heterocycles. The van der Waals surface area contributed by atoms with Gasteiger partial charge in [-0.1, -0.05) is 37.3 Å². The number of nitrogens with zero attached hydrogens (tertiary/aromatic N) is 2. The molecule has 0 spiro atoms. The number of halogens is 1. The molecule has 0 atom stereocenters. The highest BCUT2D eigenvalue weighted by Crippen LogP contribution is 2.27. The van der Waals surface area contributed by atoms with E-state index in [0.29, 0.717) is 0 Å². The Morgan fingerprint density at radius 2 is 1.90 bits per heavy atom. The number of rotatable bonds is 3. The Bertz CT molecular complexity index is 747. The van der Waals surface area contributed by atoms with Crippen molar-refractivity contribution in [2.75, 3.05) is 0 Å². The van der Waals surface area contributed by atoms with E-state index >= 15 is 0 Å². The summed E-state index contributed by atoms with van der Waals surface area (Å²) in [4.78, 5) is 4.64. The molecule has 0 fully saturated rings. The smallest absolute Gasteiger partial charge is 0.138 e. The van der Waals surface area contributed by atoms with Crippen molar-refractivity contribution < 1.29 is 5.11 Å². The van der Waals surface area contributed by atoms with Crippen molar-refractivity contribution in [1.29, 1.82) is 0 Å². The number of fused-ring (bicyclic) bond motifs is 1. The topological polar surface area (TPSA) is 37.5 Å². The molecule has 4 heteroatoms. The van der Waals surface area contributed by atoms with Gasteiger partial charge in [-0.15, -0.1) is 0 Å². The number of aryl methyl sites for hydroxylation is 1. The van der Waals surface area contributed by atoms with E-state index in [4.69, 9.17) is 0 Å². The number of aliphatic hydroxyl groups is 1. The van der Waals surface area contributed by atoms with E-state index in [2.05, 4.69) is 52.1 Å². The summed E-state index contributed by atoms with van der Waals surface area (Å²) in [7, 11) is 0. The number of imidazole rings is 1. The Hall–Kier alpha value is -1.65. The molecule has 0 aliphatic heterocycles.